The van der Waals surface area contributed by atoms with Gasteiger partial charge in [0.05, 0.1) is 6.61 Å². The van der Waals surface area contributed by atoms with Crippen molar-refractivity contribution in [1.82, 2.24) is 4.98 Å². The summed E-state index contributed by atoms with van der Waals surface area (Å²) in [5.41, 5.74) is 6.25. The molecule has 1 unspecified atom stereocenters. The first-order chi connectivity index (χ1) is 7.13. The highest BCUT2D eigenvalue weighted by molar-refractivity contribution is 5.78. The Hall–Kier alpha value is -1.78. The van der Waals surface area contributed by atoms with Gasteiger partial charge in [0.15, 0.2) is 0 Å². The highest BCUT2D eigenvalue weighted by Crippen LogP contribution is 2.10. The van der Waals surface area contributed by atoms with Crippen molar-refractivity contribution in [3.8, 4) is 0 Å². The third-order valence-corrected chi connectivity index (χ3v) is 1.80. The molecule has 1 atom stereocenters. The van der Waals surface area contributed by atoms with Gasteiger partial charge in [-0.2, -0.15) is 0 Å². The van der Waals surface area contributed by atoms with Gasteiger partial charge in [0.25, 0.3) is 0 Å². The summed E-state index contributed by atoms with van der Waals surface area (Å²) in [6, 6.07) is 3.01. The summed E-state index contributed by atoms with van der Waals surface area (Å²) in [7, 11) is 0. The fraction of sp³-hybridized carbons (Fsp3) is 0.400. The van der Waals surface area contributed by atoms with Crippen molar-refractivity contribution < 1.29 is 9.53 Å². The van der Waals surface area contributed by atoms with E-state index in [1.54, 1.807) is 32.2 Å². The first-order valence-corrected chi connectivity index (χ1v) is 4.78. The summed E-state index contributed by atoms with van der Waals surface area (Å²) >= 11 is 0. The van der Waals surface area contributed by atoms with Crippen LogP contribution in [0.5, 0.6) is 0 Å². The van der Waals surface area contributed by atoms with E-state index < -0.39 is 6.04 Å². The van der Waals surface area contributed by atoms with Crippen molar-refractivity contribution in [2.75, 3.05) is 17.7 Å². The minimum atomic E-state index is -0.397. The van der Waals surface area contributed by atoms with Crippen molar-refractivity contribution in [2.45, 2.75) is 19.9 Å². The third-order valence-electron chi connectivity index (χ3n) is 1.80. The maximum absolute atomic E-state index is 11.3. The van der Waals surface area contributed by atoms with Crippen LogP contribution in [0.4, 0.5) is 11.5 Å². The molecule has 0 aliphatic heterocycles. The molecular weight excluding hydrogens is 194 g/mol. The number of hydrogen-bond donors (Lipinski definition) is 2. The van der Waals surface area contributed by atoms with Gasteiger partial charge < -0.3 is 15.8 Å². The molecule has 3 N–H and O–H groups in total. The Morgan fingerprint density at radius 3 is 3.07 bits per heavy atom. The van der Waals surface area contributed by atoms with Crippen molar-refractivity contribution in [1.29, 1.82) is 0 Å². The molecule has 82 valence electrons. The molecule has 0 aliphatic rings. The molecule has 0 aliphatic carbocycles. The van der Waals surface area contributed by atoms with E-state index in [-0.39, 0.29) is 5.97 Å². The predicted molar refractivity (Wildman–Crippen MR) is 58.4 cm³/mol. The lowest BCUT2D eigenvalue weighted by atomic mass is 10.3. The second-order valence-electron chi connectivity index (χ2n) is 3.09. The molecule has 1 aromatic heterocycles. The molecule has 0 bridgehead atoms. The minimum absolute atomic E-state index is 0.284. The van der Waals surface area contributed by atoms with Crippen LogP contribution in [0.3, 0.4) is 0 Å². The van der Waals surface area contributed by atoms with Crippen molar-refractivity contribution >= 4 is 17.5 Å². The lowest BCUT2D eigenvalue weighted by Crippen LogP contribution is -2.28. The van der Waals surface area contributed by atoms with E-state index in [2.05, 4.69) is 10.3 Å². The van der Waals surface area contributed by atoms with Crippen molar-refractivity contribution in [3.05, 3.63) is 18.3 Å². The second kappa shape index (κ2) is 5.19. The average Bonchev–Trinajstić information content (AvgIpc) is 2.18. The summed E-state index contributed by atoms with van der Waals surface area (Å²) in [6.45, 7) is 3.88. The SMILES string of the molecule is CCOC(=O)C(C)Nc1ccnc(N)c1. The zero-order valence-corrected chi connectivity index (χ0v) is 8.86. The van der Waals surface area contributed by atoms with Gasteiger partial charge in [0, 0.05) is 18.0 Å². The topological polar surface area (TPSA) is 77.2 Å². The molecule has 0 aromatic carbocycles. The number of carbonyl (C=O) groups is 1. The van der Waals surface area contributed by atoms with Gasteiger partial charge in [-0.15, -0.1) is 0 Å². The molecule has 1 aromatic rings. The number of hydrogen-bond acceptors (Lipinski definition) is 5. The van der Waals surface area contributed by atoms with Gasteiger partial charge in [-0.1, -0.05) is 0 Å². The number of esters is 1. The Morgan fingerprint density at radius 1 is 1.73 bits per heavy atom. The number of rotatable bonds is 4. The third kappa shape index (κ3) is 3.46. The van der Waals surface area contributed by atoms with Crippen LogP contribution in [-0.4, -0.2) is 23.6 Å². The number of nitrogens with zero attached hydrogens (tertiary/aromatic N) is 1. The van der Waals surface area contributed by atoms with E-state index in [1.165, 1.54) is 0 Å². The van der Waals surface area contributed by atoms with Gasteiger partial charge in [0.1, 0.15) is 11.9 Å². The molecular formula is C10H15N3O2. The van der Waals surface area contributed by atoms with E-state index in [4.69, 9.17) is 10.5 Å². The van der Waals surface area contributed by atoms with Crippen LogP contribution in [0, 0.1) is 0 Å². The number of carbonyl (C=O) groups excluding carboxylic acids is 1. The highest BCUT2D eigenvalue weighted by atomic mass is 16.5. The van der Waals surface area contributed by atoms with E-state index in [1.807, 2.05) is 0 Å². The lowest BCUT2D eigenvalue weighted by Gasteiger charge is -2.13. The average molecular weight is 209 g/mol. The van der Waals surface area contributed by atoms with Crippen LogP contribution in [0.15, 0.2) is 18.3 Å². The molecule has 0 spiro atoms. The Labute approximate surface area is 88.6 Å². The molecule has 1 heterocycles. The standard InChI is InChI=1S/C10H15N3O2/c1-3-15-10(14)7(2)13-8-4-5-12-9(11)6-8/h4-7H,3H2,1-2H3,(H3,11,12,13). The first kappa shape index (κ1) is 11.3. The van der Waals surface area contributed by atoms with Gasteiger partial charge in [-0.05, 0) is 19.9 Å². The van der Waals surface area contributed by atoms with Crippen LogP contribution >= 0.6 is 0 Å². The maximum atomic E-state index is 11.3. The molecule has 0 amide bonds. The quantitative estimate of drug-likeness (QED) is 0.724. The largest absolute Gasteiger partial charge is 0.464 e. The van der Waals surface area contributed by atoms with Crippen LogP contribution < -0.4 is 11.1 Å². The number of anilines is 2. The fourth-order valence-electron chi connectivity index (χ4n) is 1.11. The van der Waals surface area contributed by atoms with Gasteiger partial charge in [-0.25, -0.2) is 9.78 Å². The van der Waals surface area contributed by atoms with Gasteiger partial charge in [0.2, 0.25) is 0 Å². The fourth-order valence-corrected chi connectivity index (χ4v) is 1.11. The summed E-state index contributed by atoms with van der Waals surface area (Å²) in [5.74, 6) is 0.129. The van der Waals surface area contributed by atoms with E-state index >= 15 is 0 Å². The summed E-state index contributed by atoms with van der Waals surface area (Å²) in [5, 5.41) is 2.97. The predicted octanol–water partition coefficient (Wildman–Crippen LogP) is 1.03. The zero-order valence-electron chi connectivity index (χ0n) is 8.86. The number of pyridine rings is 1. The number of nitrogens with two attached hydrogens (primary N) is 1. The molecule has 5 heteroatoms. The van der Waals surface area contributed by atoms with E-state index in [0.29, 0.717) is 12.4 Å². The molecule has 0 radical (unpaired) electrons. The van der Waals surface area contributed by atoms with E-state index in [9.17, 15) is 4.79 Å². The Balaban J connectivity index is 2.58. The molecule has 15 heavy (non-hydrogen) atoms. The molecule has 0 fully saturated rings. The second-order valence-corrected chi connectivity index (χ2v) is 3.09. The lowest BCUT2D eigenvalue weighted by molar-refractivity contribution is -0.143. The summed E-state index contributed by atoms with van der Waals surface area (Å²) in [4.78, 5) is 15.2. The molecule has 0 saturated carbocycles. The van der Waals surface area contributed by atoms with Crippen molar-refractivity contribution in [3.63, 3.8) is 0 Å². The number of nitrogens with one attached hydrogen (secondary N) is 1. The van der Waals surface area contributed by atoms with Crippen LogP contribution in [0.25, 0.3) is 0 Å². The Bertz CT molecular complexity index is 341. The Kier molecular flexibility index (Phi) is 3.91. The smallest absolute Gasteiger partial charge is 0.328 e. The van der Waals surface area contributed by atoms with E-state index in [0.717, 1.165) is 5.69 Å². The van der Waals surface area contributed by atoms with Crippen molar-refractivity contribution in [2.24, 2.45) is 0 Å². The number of ether oxygens (including phenoxy) is 1. The van der Waals surface area contributed by atoms with Crippen LogP contribution in [0.2, 0.25) is 0 Å². The maximum Gasteiger partial charge on any atom is 0.328 e. The minimum Gasteiger partial charge on any atom is -0.464 e. The highest BCUT2D eigenvalue weighted by Gasteiger charge is 2.13. The van der Waals surface area contributed by atoms with Gasteiger partial charge in [-0.3, -0.25) is 0 Å². The first-order valence-electron chi connectivity index (χ1n) is 4.78. The summed E-state index contributed by atoms with van der Waals surface area (Å²) in [6.07, 6.45) is 1.58. The molecule has 5 nitrogen and oxygen atoms in total. The number of nitrogen functional groups attached to an aromatic ring is 1. The number of aromatic nitrogens is 1. The van der Waals surface area contributed by atoms with Crippen LogP contribution in [-0.2, 0) is 9.53 Å². The van der Waals surface area contributed by atoms with Gasteiger partial charge >= 0.3 is 5.97 Å². The van der Waals surface area contributed by atoms with Crippen LogP contribution in [0.1, 0.15) is 13.8 Å². The normalized spacial score (nSPS) is 11.9. The zero-order chi connectivity index (χ0) is 11.3. The summed E-state index contributed by atoms with van der Waals surface area (Å²) < 4.78 is 4.86. The molecule has 1 rings (SSSR count). The monoisotopic (exact) mass is 209 g/mol. The Morgan fingerprint density at radius 2 is 2.47 bits per heavy atom. The molecule has 0 saturated heterocycles.